The molecule has 4 aromatic carbocycles. The highest BCUT2D eigenvalue weighted by Gasteiger charge is 2.18. The molecule has 188 valence electrons. The van der Waals surface area contributed by atoms with Crippen LogP contribution in [0.3, 0.4) is 0 Å². The number of nitrogens with one attached hydrogen (secondary N) is 2. The maximum absolute atomic E-state index is 12.5. The van der Waals surface area contributed by atoms with E-state index in [2.05, 4.69) is 59.2 Å². The summed E-state index contributed by atoms with van der Waals surface area (Å²) in [7, 11) is 1.63. The lowest BCUT2D eigenvalue weighted by atomic mass is 9.99. The summed E-state index contributed by atoms with van der Waals surface area (Å²) in [6, 6.07) is 29.7. The number of carbonyl (C=O) groups is 1. The van der Waals surface area contributed by atoms with Gasteiger partial charge in [0.1, 0.15) is 5.01 Å². The summed E-state index contributed by atoms with van der Waals surface area (Å²) in [5.41, 5.74) is 12.5. The zero-order chi connectivity index (χ0) is 26.5. The molecule has 5 rings (SSSR count). The lowest BCUT2D eigenvalue weighted by Gasteiger charge is -2.17. The van der Waals surface area contributed by atoms with Crippen LogP contribution in [0.5, 0.6) is 0 Å². The molecule has 0 saturated heterocycles. The van der Waals surface area contributed by atoms with Gasteiger partial charge in [-0.15, -0.1) is 11.3 Å². The van der Waals surface area contributed by atoms with Gasteiger partial charge in [0, 0.05) is 30.2 Å². The fraction of sp³-hybridized carbons (Fsp3) is 0.129. The highest BCUT2D eigenvalue weighted by Crippen LogP contribution is 2.30. The summed E-state index contributed by atoms with van der Waals surface area (Å²) in [5.74, 6) is -0.0874. The van der Waals surface area contributed by atoms with Crippen molar-refractivity contribution in [3.8, 4) is 27.8 Å². The maximum atomic E-state index is 12.5. The van der Waals surface area contributed by atoms with Crippen LogP contribution in [0.25, 0.3) is 32.5 Å². The number of likely N-dealkylation sites (N-methyl/N-ethyl adjacent to an activating group) is 1. The van der Waals surface area contributed by atoms with Crippen molar-refractivity contribution in [1.29, 1.82) is 5.26 Å². The van der Waals surface area contributed by atoms with Crippen molar-refractivity contribution in [3.63, 3.8) is 0 Å². The van der Waals surface area contributed by atoms with Crippen LogP contribution in [0.15, 0.2) is 90.3 Å². The van der Waals surface area contributed by atoms with Crippen LogP contribution in [0.4, 0.5) is 5.69 Å². The van der Waals surface area contributed by atoms with Gasteiger partial charge in [0.25, 0.3) is 0 Å². The van der Waals surface area contributed by atoms with Crippen LogP contribution in [-0.2, 0) is 17.8 Å². The van der Waals surface area contributed by atoms with Gasteiger partial charge in [0.05, 0.1) is 23.4 Å². The number of carbonyl (C=O) groups excluding carboxylic acids is 1. The molecule has 4 N–H and O–H groups in total. The zero-order valence-electron chi connectivity index (χ0n) is 20.9. The summed E-state index contributed by atoms with van der Waals surface area (Å²) in [4.78, 5) is 17.3. The molecule has 0 spiro atoms. The van der Waals surface area contributed by atoms with Gasteiger partial charge in [0.15, 0.2) is 0 Å². The number of fused-ring (bicyclic) bond motifs is 1. The predicted octanol–water partition coefficient (Wildman–Crippen LogP) is 5.53. The Labute approximate surface area is 225 Å². The SMILES string of the molecule is CNC(=O)C(Cc1ccc(C#N)cc1)NCc1csc(-c2cccc(-c3ccc4cc(N)ccc4c3)c2)n1. The molecule has 1 heterocycles. The third-order valence-corrected chi connectivity index (χ3v) is 7.41. The van der Waals surface area contributed by atoms with Crippen molar-refractivity contribution in [1.82, 2.24) is 15.6 Å². The highest BCUT2D eigenvalue weighted by molar-refractivity contribution is 7.13. The predicted molar refractivity (Wildman–Crippen MR) is 154 cm³/mol. The monoisotopic (exact) mass is 517 g/mol. The molecule has 0 radical (unpaired) electrons. The molecule has 0 saturated carbocycles. The number of amides is 1. The van der Waals surface area contributed by atoms with Gasteiger partial charge >= 0.3 is 0 Å². The fourth-order valence-electron chi connectivity index (χ4n) is 4.41. The summed E-state index contributed by atoms with van der Waals surface area (Å²) in [6.07, 6.45) is 0.517. The minimum atomic E-state index is -0.412. The molecule has 6 nitrogen and oxygen atoms in total. The molecular formula is C31H27N5OS. The van der Waals surface area contributed by atoms with Crippen LogP contribution >= 0.6 is 11.3 Å². The summed E-state index contributed by atoms with van der Waals surface area (Å²) >= 11 is 1.59. The van der Waals surface area contributed by atoms with Gasteiger partial charge in [-0.1, -0.05) is 48.5 Å². The second kappa shape index (κ2) is 11.3. The number of hydrogen-bond acceptors (Lipinski definition) is 6. The molecular weight excluding hydrogens is 490 g/mol. The molecule has 7 heteroatoms. The van der Waals surface area contributed by atoms with Gasteiger partial charge in [-0.25, -0.2) is 4.98 Å². The van der Waals surface area contributed by atoms with Crippen LogP contribution in [0.1, 0.15) is 16.8 Å². The first-order valence-electron chi connectivity index (χ1n) is 12.3. The lowest BCUT2D eigenvalue weighted by molar-refractivity contribution is -0.122. The minimum Gasteiger partial charge on any atom is -0.399 e. The van der Waals surface area contributed by atoms with E-state index in [1.54, 1.807) is 30.5 Å². The number of thiazole rings is 1. The molecule has 1 unspecified atom stereocenters. The lowest BCUT2D eigenvalue weighted by Crippen LogP contribution is -2.44. The third-order valence-electron chi connectivity index (χ3n) is 6.47. The Balaban J connectivity index is 1.30. The van der Waals surface area contributed by atoms with Crippen molar-refractivity contribution >= 4 is 33.7 Å². The molecule has 1 aromatic heterocycles. The van der Waals surface area contributed by atoms with E-state index in [1.165, 1.54) is 0 Å². The van der Waals surface area contributed by atoms with Gasteiger partial charge < -0.3 is 11.1 Å². The first-order valence-corrected chi connectivity index (χ1v) is 13.2. The van der Waals surface area contributed by atoms with E-state index >= 15 is 0 Å². The second-order valence-electron chi connectivity index (χ2n) is 9.11. The molecule has 0 aliphatic carbocycles. The standard InChI is InChI=1S/C31H27N5OS/c1-34-30(37)29(13-20-5-7-21(17-32)8-6-20)35-18-28-19-38-31(36-28)26-4-2-3-22(15-26)23-9-10-25-16-27(33)12-11-24(25)14-23/h2-12,14-16,19,29,35H,13,18,33H2,1H3,(H,34,37). The average molecular weight is 518 g/mol. The number of benzene rings is 4. The van der Waals surface area contributed by atoms with Gasteiger partial charge in [-0.05, 0) is 70.3 Å². The summed E-state index contributed by atoms with van der Waals surface area (Å²) in [6.45, 7) is 0.471. The van der Waals surface area contributed by atoms with Crippen LogP contribution in [-0.4, -0.2) is 24.0 Å². The van der Waals surface area contributed by atoms with Crippen molar-refractivity contribution in [2.45, 2.75) is 19.0 Å². The maximum Gasteiger partial charge on any atom is 0.237 e. The van der Waals surface area contributed by atoms with Crippen molar-refractivity contribution in [2.24, 2.45) is 0 Å². The molecule has 5 aromatic rings. The molecule has 0 fully saturated rings. The van der Waals surface area contributed by atoms with Crippen molar-refractivity contribution in [2.75, 3.05) is 12.8 Å². The van der Waals surface area contributed by atoms with Gasteiger partial charge in [-0.3, -0.25) is 10.1 Å². The Hall–Kier alpha value is -4.51. The van der Waals surface area contributed by atoms with Crippen LogP contribution < -0.4 is 16.4 Å². The smallest absolute Gasteiger partial charge is 0.237 e. The quantitative estimate of drug-likeness (QED) is 0.235. The van der Waals surface area contributed by atoms with Crippen LogP contribution in [0, 0.1) is 11.3 Å². The van der Waals surface area contributed by atoms with Crippen molar-refractivity contribution < 1.29 is 4.79 Å². The topological polar surface area (TPSA) is 104 Å². The minimum absolute atomic E-state index is 0.0874. The molecule has 1 atom stereocenters. The fourth-order valence-corrected chi connectivity index (χ4v) is 5.22. The first kappa shape index (κ1) is 25.2. The number of anilines is 1. The van der Waals surface area contributed by atoms with E-state index in [1.807, 2.05) is 35.7 Å². The molecule has 38 heavy (non-hydrogen) atoms. The largest absolute Gasteiger partial charge is 0.399 e. The van der Waals surface area contributed by atoms with Crippen LogP contribution in [0.2, 0.25) is 0 Å². The second-order valence-corrected chi connectivity index (χ2v) is 9.96. The first-order chi connectivity index (χ1) is 18.5. The Bertz CT molecular complexity index is 1630. The molecule has 0 aliphatic rings. The summed E-state index contributed by atoms with van der Waals surface area (Å²) < 4.78 is 0. The van der Waals surface area contributed by atoms with Gasteiger partial charge in [0.2, 0.25) is 5.91 Å². The van der Waals surface area contributed by atoms with E-state index in [0.29, 0.717) is 18.5 Å². The molecule has 0 bridgehead atoms. The zero-order valence-corrected chi connectivity index (χ0v) is 21.8. The van der Waals surface area contributed by atoms with E-state index in [9.17, 15) is 4.79 Å². The van der Waals surface area contributed by atoms with E-state index in [4.69, 9.17) is 16.0 Å². The van der Waals surface area contributed by atoms with E-state index in [0.717, 1.165) is 49.4 Å². The van der Waals surface area contributed by atoms with Gasteiger partial charge in [-0.2, -0.15) is 5.26 Å². The number of rotatable bonds is 8. The average Bonchev–Trinajstić information content (AvgIpc) is 3.44. The highest BCUT2D eigenvalue weighted by atomic mass is 32.1. The Morgan fingerprint density at radius 2 is 1.71 bits per heavy atom. The summed E-state index contributed by atoms with van der Waals surface area (Å²) in [5, 5.41) is 20.3. The van der Waals surface area contributed by atoms with Crippen molar-refractivity contribution in [3.05, 3.63) is 107 Å². The number of nitrogens with zero attached hydrogens (tertiary/aromatic N) is 2. The normalized spacial score (nSPS) is 11.7. The Morgan fingerprint density at radius 1 is 0.974 bits per heavy atom. The Morgan fingerprint density at radius 3 is 2.50 bits per heavy atom. The number of nitrogens with two attached hydrogens (primary N) is 1. The Kier molecular flexibility index (Phi) is 7.45. The number of hydrogen-bond donors (Lipinski definition) is 3. The number of aromatic nitrogens is 1. The molecule has 0 aliphatic heterocycles. The molecule has 1 amide bonds. The van der Waals surface area contributed by atoms with E-state index < -0.39 is 6.04 Å². The number of nitriles is 1. The third kappa shape index (κ3) is 5.73. The van der Waals surface area contributed by atoms with E-state index in [-0.39, 0.29) is 5.91 Å². The number of nitrogen functional groups attached to an aromatic ring is 1.